The monoisotopic (exact) mass is 570 g/mol. The van der Waals surface area contributed by atoms with Crippen molar-refractivity contribution in [2.24, 2.45) is 11.8 Å². The van der Waals surface area contributed by atoms with Crippen molar-refractivity contribution in [2.75, 3.05) is 14.2 Å². The highest BCUT2D eigenvalue weighted by Crippen LogP contribution is 2.53. The fraction of sp³-hybridized carbons (Fsp3) is 0.188. The number of aromatic hydroxyl groups is 4. The highest BCUT2D eigenvalue weighted by molar-refractivity contribution is 6.11. The number of hydrogen-bond acceptors (Lipinski definition) is 10. The lowest BCUT2D eigenvalue weighted by Gasteiger charge is -2.42. The molecule has 0 aromatic heterocycles. The molecule has 4 atom stereocenters. The van der Waals surface area contributed by atoms with Crippen LogP contribution in [0.1, 0.15) is 44.1 Å². The number of fused-ring (bicyclic) bond motifs is 2. The number of ether oxygens (including phenoxy) is 4. The van der Waals surface area contributed by atoms with Gasteiger partial charge in [-0.15, -0.1) is 0 Å². The molecule has 214 valence electrons. The van der Waals surface area contributed by atoms with E-state index in [9.17, 15) is 30.0 Å². The Balaban J connectivity index is 1.58. The van der Waals surface area contributed by atoms with Gasteiger partial charge in [0.15, 0.2) is 11.6 Å². The highest BCUT2D eigenvalue weighted by Gasteiger charge is 2.53. The molecule has 2 aliphatic heterocycles. The first-order valence-electron chi connectivity index (χ1n) is 13.0. The van der Waals surface area contributed by atoms with E-state index < -0.39 is 41.4 Å². The second-order valence-corrected chi connectivity index (χ2v) is 10.1. The molecular formula is C32H26O10. The third-order valence-electron chi connectivity index (χ3n) is 7.67. The molecule has 0 radical (unpaired) electrons. The average molecular weight is 571 g/mol. The zero-order valence-corrected chi connectivity index (χ0v) is 22.5. The molecule has 0 amide bonds. The molecule has 4 aromatic rings. The molecule has 42 heavy (non-hydrogen) atoms. The first-order chi connectivity index (χ1) is 20.2. The Bertz CT molecular complexity index is 1690. The van der Waals surface area contributed by atoms with Crippen LogP contribution < -0.4 is 18.9 Å². The van der Waals surface area contributed by atoms with E-state index in [2.05, 4.69) is 0 Å². The zero-order chi connectivity index (χ0) is 29.7. The summed E-state index contributed by atoms with van der Waals surface area (Å²) in [7, 11) is 2.93. The molecule has 2 heterocycles. The van der Waals surface area contributed by atoms with E-state index in [1.165, 1.54) is 44.6 Å². The lowest BCUT2D eigenvalue weighted by Crippen LogP contribution is -2.45. The number of phenolic OH excluding ortho intramolecular Hbond substituents is 4. The number of phenols is 4. The molecule has 6 rings (SSSR count). The molecule has 0 spiro atoms. The topological polar surface area (TPSA) is 152 Å². The maximum absolute atomic E-state index is 14.4. The van der Waals surface area contributed by atoms with Crippen molar-refractivity contribution in [2.45, 2.75) is 12.2 Å². The number of carbonyl (C=O) groups is 2. The van der Waals surface area contributed by atoms with Gasteiger partial charge in [-0.05, 0) is 35.4 Å². The van der Waals surface area contributed by atoms with Gasteiger partial charge in [-0.1, -0.05) is 24.3 Å². The van der Waals surface area contributed by atoms with Gasteiger partial charge in [0, 0.05) is 24.3 Å². The van der Waals surface area contributed by atoms with Gasteiger partial charge in [0.1, 0.15) is 69.3 Å². The molecule has 0 aliphatic carbocycles. The summed E-state index contributed by atoms with van der Waals surface area (Å²) in [6.07, 6.45) is -2.15. The number of rotatable bonds is 5. The van der Waals surface area contributed by atoms with Crippen LogP contribution in [0, 0.1) is 11.8 Å². The summed E-state index contributed by atoms with van der Waals surface area (Å²) in [6.45, 7) is 0. The molecule has 0 fully saturated rings. The van der Waals surface area contributed by atoms with Crippen molar-refractivity contribution in [1.82, 2.24) is 0 Å². The van der Waals surface area contributed by atoms with Gasteiger partial charge in [0.2, 0.25) is 0 Å². The largest absolute Gasteiger partial charge is 0.508 e. The van der Waals surface area contributed by atoms with Gasteiger partial charge < -0.3 is 39.4 Å². The molecule has 4 aromatic carbocycles. The smallest absolute Gasteiger partial charge is 0.178 e. The van der Waals surface area contributed by atoms with Gasteiger partial charge in [-0.3, -0.25) is 9.59 Å². The van der Waals surface area contributed by atoms with Gasteiger partial charge in [0.05, 0.1) is 26.1 Å². The number of benzene rings is 4. The maximum Gasteiger partial charge on any atom is 0.178 e. The van der Waals surface area contributed by atoms with Crippen molar-refractivity contribution in [3.8, 4) is 46.0 Å². The van der Waals surface area contributed by atoms with E-state index in [-0.39, 0.29) is 45.6 Å². The fourth-order valence-corrected chi connectivity index (χ4v) is 5.70. The lowest BCUT2D eigenvalue weighted by atomic mass is 9.69. The standard InChI is InChI=1S/C32H26O10/c1-39-19-9-5-16(6-10-19)32-28(30(38)26-22(36)13-20(40-2)14-24(26)42-32)27-29(37)25-21(35)11-18(34)12-23(25)41-31(27)15-3-7-17(33)8-4-15/h3-14,27-28,31-36H,1-2H3/t27-,28-,31+,32+/m1/s1. The van der Waals surface area contributed by atoms with E-state index in [1.807, 2.05) is 0 Å². The number of Topliss-reactive ketones (excluding diaryl/α,β-unsaturated/α-hetero) is 2. The summed E-state index contributed by atoms with van der Waals surface area (Å²) in [5.74, 6) is -4.11. The highest BCUT2D eigenvalue weighted by atomic mass is 16.5. The first kappa shape index (κ1) is 26.8. The van der Waals surface area contributed by atoms with Crippen LogP contribution in [0.5, 0.6) is 46.0 Å². The summed E-state index contributed by atoms with van der Waals surface area (Å²) in [4.78, 5) is 28.8. The summed E-state index contributed by atoms with van der Waals surface area (Å²) in [5.41, 5.74) is 0.674. The van der Waals surface area contributed by atoms with Crippen LogP contribution in [0.2, 0.25) is 0 Å². The first-order valence-corrected chi connectivity index (χ1v) is 13.0. The van der Waals surface area contributed by atoms with Gasteiger partial charge in [-0.2, -0.15) is 0 Å². The minimum Gasteiger partial charge on any atom is -0.508 e. The van der Waals surface area contributed by atoms with Crippen molar-refractivity contribution >= 4 is 11.6 Å². The van der Waals surface area contributed by atoms with Crippen molar-refractivity contribution in [1.29, 1.82) is 0 Å². The quantitative estimate of drug-likeness (QED) is 0.255. The summed E-state index contributed by atoms with van der Waals surface area (Å²) in [6, 6.07) is 17.8. The number of ketones is 2. The molecule has 10 heteroatoms. The van der Waals surface area contributed by atoms with Crippen LogP contribution in [-0.4, -0.2) is 46.2 Å². The Morgan fingerprint density at radius 2 is 1.05 bits per heavy atom. The van der Waals surface area contributed by atoms with Gasteiger partial charge >= 0.3 is 0 Å². The zero-order valence-electron chi connectivity index (χ0n) is 22.5. The van der Waals surface area contributed by atoms with E-state index in [4.69, 9.17) is 18.9 Å². The van der Waals surface area contributed by atoms with Crippen LogP contribution in [-0.2, 0) is 0 Å². The van der Waals surface area contributed by atoms with Gasteiger partial charge in [0.25, 0.3) is 0 Å². The molecule has 10 nitrogen and oxygen atoms in total. The average Bonchev–Trinajstić information content (AvgIpc) is 2.97. The van der Waals surface area contributed by atoms with E-state index in [0.29, 0.717) is 16.9 Å². The Hall–Kier alpha value is -5.38. The SMILES string of the molecule is COc1ccc([C@@H]2Oc3cc(OC)cc(O)c3C(=O)[C@H]2[C@@H]2C(=O)c3c(O)cc(O)cc3O[C@H]2c2ccc(O)cc2)cc1. The van der Waals surface area contributed by atoms with Crippen LogP contribution in [0.25, 0.3) is 0 Å². The predicted molar refractivity (Wildman–Crippen MR) is 148 cm³/mol. The number of carbonyl (C=O) groups excluding carboxylic acids is 2. The van der Waals surface area contributed by atoms with Crippen LogP contribution in [0.4, 0.5) is 0 Å². The lowest BCUT2D eigenvalue weighted by molar-refractivity contribution is 0.0129. The third kappa shape index (κ3) is 4.37. The second kappa shape index (κ2) is 10.2. The van der Waals surface area contributed by atoms with Crippen molar-refractivity contribution < 1.29 is 49.0 Å². The normalized spacial score (nSPS) is 21.0. The van der Waals surface area contributed by atoms with Crippen LogP contribution in [0.3, 0.4) is 0 Å². The van der Waals surface area contributed by atoms with E-state index in [0.717, 1.165) is 6.07 Å². The molecule has 2 aliphatic rings. The van der Waals surface area contributed by atoms with Crippen LogP contribution in [0.15, 0.2) is 72.8 Å². The molecular weight excluding hydrogens is 544 g/mol. The van der Waals surface area contributed by atoms with Crippen molar-refractivity contribution in [3.63, 3.8) is 0 Å². The number of methoxy groups -OCH3 is 2. The second-order valence-electron chi connectivity index (χ2n) is 10.1. The molecule has 0 saturated carbocycles. The van der Waals surface area contributed by atoms with Crippen molar-refractivity contribution in [3.05, 3.63) is 95.1 Å². The maximum atomic E-state index is 14.4. The van der Waals surface area contributed by atoms with E-state index >= 15 is 0 Å². The molecule has 0 unspecified atom stereocenters. The molecule has 0 saturated heterocycles. The summed E-state index contributed by atoms with van der Waals surface area (Å²) in [5, 5.41) is 41.6. The minimum atomic E-state index is -1.27. The third-order valence-corrected chi connectivity index (χ3v) is 7.67. The predicted octanol–water partition coefficient (Wildman–Crippen LogP) is 5.09. The Kier molecular flexibility index (Phi) is 6.53. The molecule has 4 N–H and O–H groups in total. The van der Waals surface area contributed by atoms with Gasteiger partial charge in [-0.25, -0.2) is 0 Å². The number of hydrogen-bond donors (Lipinski definition) is 4. The Morgan fingerprint density at radius 1 is 0.571 bits per heavy atom. The minimum absolute atomic E-state index is 0.0193. The fourth-order valence-electron chi connectivity index (χ4n) is 5.70. The molecule has 0 bridgehead atoms. The Labute approximate surface area is 239 Å². The van der Waals surface area contributed by atoms with E-state index in [1.54, 1.807) is 36.4 Å². The summed E-state index contributed by atoms with van der Waals surface area (Å²) >= 11 is 0. The van der Waals surface area contributed by atoms with Crippen LogP contribution >= 0.6 is 0 Å². The summed E-state index contributed by atoms with van der Waals surface area (Å²) < 4.78 is 23.2. The Morgan fingerprint density at radius 3 is 1.57 bits per heavy atom.